The molecule has 0 spiro atoms. The first-order valence-corrected chi connectivity index (χ1v) is 3.57. The van der Waals surface area contributed by atoms with Crippen LogP contribution in [-0.2, 0) is 0 Å². The summed E-state index contributed by atoms with van der Waals surface area (Å²) in [6.07, 6.45) is 5.33. The van der Waals surface area contributed by atoms with Crippen LogP contribution < -0.4 is 15.8 Å². The molecule has 0 saturated carbocycles. The minimum absolute atomic E-state index is 0.0310. The van der Waals surface area contributed by atoms with Gasteiger partial charge in [-0.25, -0.2) is 4.73 Å². The van der Waals surface area contributed by atoms with Crippen molar-refractivity contribution < 1.29 is 4.73 Å². The Morgan fingerprint density at radius 2 is 2.50 bits per heavy atom. The fourth-order valence-corrected chi connectivity index (χ4v) is 1.12. The molecular formula is C7H8N4O. The fourth-order valence-electron chi connectivity index (χ4n) is 1.12. The van der Waals surface area contributed by atoms with Gasteiger partial charge in [-0.3, -0.25) is 0 Å². The van der Waals surface area contributed by atoms with Gasteiger partial charge in [0.1, 0.15) is 6.20 Å². The maximum Gasteiger partial charge on any atom is 0.344 e. The van der Waals surface area contributed by atoms with E-state index in [9.17, 15) is 5.21 Å². The second kappa shape index (κ2) is 2.37. The summed E-state index contributed by atoms with van der Waals surface area (Å²) in [5, 5.41) is 14.2. The van der Waals surface area contributed by atoms with E-state index in [1.165, 1.54) is 0 Å². The van der Waals surface area contributed by atoms with Crippen LogP contribution in [0.15, 0.2) is 12.3 Å². The van der Waals surface area contributed by atoms with Gasteiger partial charge in [0, 0.05) is 0 Å². The second-order valence-corrected chi connectivity index (χ2v) is 2.50. The first-order chi connectivity index (χ1) is 5.79. The largest absolute Gasteiger partial charge is 0.754 e. The second-order valence-electron chi connectivity index (χ2n) is 2.50. The van der Waals surface area contributed by atoms with Crippen molar-refractivity contribution in [1.82, 2.24) is 4.98 Å². The van der Waals surface area contributed by atoms with Gasteiger partial charge in [0.05, 0.1) is 12.1 Å². The van der Waals surface area contributed by atoms with E-state index in [1.54, 1.807) is 6.20 Å². The third-order valence-corrected chi connectivity index (χ3v) is 1.71. The molecule has 0 bridgehead atoms. The van der Waals surface area contributed by atoms with Crippen molar-refractivity contribution in [3.05, 3.63) is 23.0 Å². The molecular weight excluding hydrogens is 156 g/mol. The number of nitrogens with one attached hydrogen (secondary N) is 1. The molecule has 12 heavy (non-hydrogen) atoms. The number of nitrogens with two attached hydrogens (primary N) is 1. The average molecular weight is 164 g/mol. The van der Waals surface area contributed by atoms with E-state index in [4.69, 9.17) is 5.73 Å². The highest BCUT2D eigenvalue weighted by atomic mass is 16.5. The summed E-state index contributed by atoms with van der Waals surface area (Å²) in [6, 6.07) is 0. The van der Waals surface area contributed by atoms with Crippen molar-refractivity contribution in [3.8, 4) is 0 Å². The SMILES string of the molecule is Nc1ncc2c([n+]1[O-])NCC=C2. The molecule has 2 heterocycles. The molecule has 5 nitrogen and oxygen atoms in total. The van der Waals surface area contributed by atoms with Gasteiger partial charge in [-0.1, -0.05) is 6.08 Å². The first kappa shape index (κ1) is 6.90. The Labute approximate surface area is 69.1 Å². The molecule has 62 valence electrons. The lowest BCUT2D eigenvalue weighted by molar-refractivity contribution is -0.577. The van der Waals surface area contributed by atoms with Gasteiger partial charge in [0.25, 0.3) is 0 Å². The molecule has 0 unspecified atom stereocenters. The van der Waals surface area contributed by atoms with E-state index in [2.05, 4.69) is 10.3 Å². The molecule has 1 aliphatic heterocycles. The van der Waals surface area contributed by atoms with E-state index in [0.29, 0.717) is 17.1 Å². The molecule has 0 fully saturated rings. The smallest absolute Gasteiger partial charge is 0.344 e. The van der Waals surface area contributed by atoms with Crippen molar-refractivity contribution in [2.45, 2.75) is 0 Å². The Bertz CT molecular complexity index is 348. The normalized spacial score (nSPS) is 13.7. The van der Waals surface area contributed by atoms with Gasteiger partial charge in [0.2, 0.25) is 5.82 Å². The lowest BCUT2D eigenvalue weighted by Gasteiger charge is -2.16. The molecule has 5 heteroatoms. The zero-order chi connectivity index (χ0) is 8.55. The van der Waals surface area contributed by atoms with E-state index < -0.39 is 0 Å². The Morgan fingerprint density at radius 3 is 3.33 bits per heavy atom. The van der Waals surface area contributed by atoms with E-state index in [1.807, 2.05) is 12.2 Å². The summed E-state index contributed by atoms with van der Waals surface area (Å²) in [7, 11) is 0. The molecule has 0 aromatic carbocycles. The molecule has 1 aromatic heterocycles. The van der Waals surface area contributed by atoms with Crippen molar-refractivity contribution in [3.63, 3.8) is 0 Å². The molecule has 0 atom stereocenters. The zero-order valence-electron chi connectivity index (χ0n) is 6.32. The van der Waals surface area contributed by atoms with Crippen LogP contribution in [0.3, 0.4) is 0 Å². The highest BCUT2D eigenvalue weighted by Crippen LogP contribution is 2.15. The summed E-state index contributed by atoms with van der Waals surface area (Å²) in [6.45, 7) is 0.651. The lowest BCUT2D eigenvalue weighted by atomic mass is 10.2. The molecule has 0 aliphatic carbocycles. The Kier molecular flexibility index (Phi) is 1.36. The number of nitrogens with zero attached hydrogens (tertiary/aromatic N) is 2. The summed E-state index contributed by atoms with van der Waals surface area (Å²) in [5.74, 6) is 0.446. The van der Waals surface area contributed by atoms with Gasteiger partial charge >= 0.3 is 5.95 Å². The number of aromatic nitrogens is 2. The van der Waals surface area contributed by atoms with E-state index in [0.717, 1.165) is 5.56 Å². The number of anilines is 2. The molecule has 0 radical (unpaired) electrons. The topological polar surface area (TPSA) is 77.9 Å². The Morgan fingerprint density at radius 1 is 1.67 bits per heavy atom. The van der Waals surface area contributed by atoms with Crippen LogP contribution in [0.5, 0.6) is 0 Å². The van der Waals surface area contributed by atoms with Crippen LogP contribution in [0, 0.1) is 5.21 Å². The van der Waals surface area contributed by atoms with Crippen LogP contribution in [-0.4, -0.2) is 11.5 Å². The Balaban J connectivity index is 2.63. The summed E-state index contributed by atoms with van der Waals surface area (Å²) < 4.78 is 0.596. The predicted molar refractivity (Wildman–Crippen MR) is 45.1 cm³/mol. The zero-order valence-corrected chi connectivity index (χ0v) is 6.32. The summed E-state index contributed by atoms with van der Waals surface area (Å²) >= 11 is 0. The summed E-state index contributed by atoms with van der Waals surface area (Å²) in [5.41, 5.74) is 6.09. The average Bonchev–Trinajstić information content (AvgIpc) is 2.12. The molecule has 1 aliphatic rings. The fraction of sp³-hybridized carbons (Fsp3) is 0.143. The van der Waals surface area contributed by atoms with Crippen molar-refractivity contribution >= 4 is 17.8 Å². The minimum atomic E-state index is -0.0310. The maximum atomic E-state index is 11.2. The number of hydrogen-bond acceptors (Lipinski definition) is 4. The van der Waals surface area contributed by atoms with E-state index in [-0.39, 0.29) is 5.95 Å². The van der Waals surface area contributed by atoms with E-state index >= 15 is 0 Å². The summed E-state index contributed by atoms with van der Waals surface area (Å²) in [4.78, 5) is 3.73. The van der Waals surface area contributed by atoms with Crippen LogP contribution in [0.2, 0.25) is 0 Å². The monoisotopic (exact) mass is 164 g/mol. The maximum absolute atomic E-state index is 11.2. The van der Waals surface area contributed by atoms with Gasteiger partial charge in [-0.2, -0.15) is 0 Å². The third kappa shape index (κ3) is 0.868. The number of hydrogen-bond donors (Lipinski definition) is 2. The lowest BCUT2D eigenvalue weighted by Crippen LogP contribution is -2.37. The number of nitrogen functional groups attached to an aromatic ring is 1. The van der Waals surface area contributed by atoms with Crippen LogP contribution >= 0.6 is 0 Å². The van der Waals surface area contributed by atoms with Gasteiger partial charge in [0.15, 0.2) is 0 Å². The van der Waals surface area contributed by atoms with Crippen molar-refractivity contribution in [1.29, 1.82) is 0 Å². The van der Waals surface area contributed by atoms with Crippen molar-refractivity contribution in [2.75, 3.05) is 17.6 Å². The van der Waals surface area contributed by atoms with Crippen molar-refractivity contribution in [2.24, 2.45) is 0 Å². The van der Waals surface area contributed by atoms with Crippen LogP contribution in [0.4, 0.5) is 11.8 Å². The minimum Gasteiger partial charge on any atom is -0.754 e. The highest BCUT2D eigenvalue weighted by molar-refractivity contribution is 5.63. The van der Waals surface area contributed by atoms with Gasteiger partial charge in [-0.05, 0) is 6.08 Å². The van der Waals surface area contributed by atoms with Crippen LogP contribution in [0.25, 0.3) is 6.08 Å². The molecule has 0 saturated heterocycles. The van der Waals surface area contributed by atoms with Gasteiger partial charge in [-0.15, -0.1) is 4.98 Å². The number of fused-ring (bicyclic) bond motifs is 1. The van der Waals surface area contributed by atoms with Crippen LogP contribution in [0.1, 0.15) is 5.56 Å². The first-order valence-electron chi connectivity index (χ1n) is 3.57. The standard InChI is InChI=1S/C7H8N4O/c8-7-10-4-5-2-1-3-9-6(5)11(7)12/h1-2,4,9H,3H2,(H2,8,10). The molecule has 0 amide bonds. The Hall–Kier alpha value is -1.78. The highest BCUT2D eigenvalue weighted by Gasteiger charge is 2.12. The van der Waals surface area contributed by atoms with Gasteiger partial charge < -0.3 is 16.3 Å². The third-order valence-electron chi connectivity index (χ3n) is 1.71. The molecule has 2 rings (SSSR count). The predicted octanol–water partition coefficient (Wildman–Crippen LogP) is -0.264. The molecule has 1 aromatic rings. The quantitative estimate of drug-likeness (QED) is 0.409. The molecule has 3 N–H and O–H groups in total. The number of rotatable bonds is 0.